The number of nitrogens with one attached hydrogen (secondary N) is 1. The summed E-state index contributed by atoms with van der Waals surface area (Å²) in [6, 6.07) is 9.29. The summed E-state index contributed by atoms with van der Waals surface area (Å²) in [5.74, 6) is -2.56. The lowest BCUT2D eigenvalue weighted by atomic mass is 10.1. The van der Waals surface area contributed by atoms with Gasteiger partial charge in [0.25, 0.3) is 5.91 Å². The number of benzene rings is 2. The molecular formula is C31H31ClF2N8O4S. The van der Waals surface area contributed by atoms with Crippen LogP contribution >= 0.6 is 11.6 Å². The highest BCUT2D eigenvalue weighted by Gasteiger charge is 2.34. The summed E-state index contributed by atoms with van der Waals surface area (Å²) in [5.41, 5.74) is 1.47. The number of nitrogens with zero attached hydrogens (tertiary/aromatic N) is 7. The van der Waals surface area contributed by atoms with Crippen LogP contribution in [0.2, 0.25) is 5.02 Å². The molecule has 12 nitrogen and oxygen atoms in total. The second-order valence-electron chi connectivity index (χ2n) is 11.5. The minimum absolute atomic E-state index is 0.0536. The quantitative estimate of drug-likeness (QED) is 0.265. The molecule has 0 bridgehead atoms. The van der Waals surface area contributed by atoms with E-state index in [4.69, 9.17) is 21.6 Å². The third kappa shape index (κ3) is 6.86. The standard InChI is InChI=1S/C31H31ClF2N8O4S/c1-47(44,45)21-18-40(19-21)10-9-39-11-13-41(14-12-39)31(43)22-3-2-20(16-24(22)32)38-29-30-37-17-25(42(30)8-7-36-29)23-4-5-26(46-15-6-35)28(34)27(23)33/h2-5,7-8,16-17,21H,9-15,18-19H2,1H3,(H,36,38). The molecule has 2 aliphatic rings. The first-order chi connectivity index (χ1) is 22.5. The number of likely N-dealkylation sites (tertiary alicyclic amines) is 1. The second kappa shape index (κ2) is 13.4. The summed E-state index contributed by atoms with van der Waals surface area (Å²) >= 11 is 6.58. The molecule has 0 atom stereocenters. The highest BCUT2D eigenvalue weighted by Crippen LogP contribution is 2.32. The zero-order chi connectivity index (χ0) is 33.3. The number of aromatic nitrogens is 3. The zero-order valence-corrected chi connectivity index (χ0v) is 26.9. The number of rotatable bonds is 10. The number of nitriles is 1. The molecule has 2 saturated heterocycles. The molecule has 1 N–H and O–H groups in total. The Morgan fingerprint density at radius 1 is 1.09 bits per heavy atom. The Bertz CT molecular complexity index is 1970. The van der Waals surface area contributed by atoms with E-state index in [1.807, 2.05) is 0 Å². The van der Waals surface area contributed by atoms with Crippen molar-refractivity contribution in [1.29, 1.82) is 5.26 Å². The Labute approximate surface area is 275 Å². The molecule has 2 aliphatic heterocycles. The lowest BCUT2D eigenvalue weighted by molar-refractivity contribution is 0.0608. The van der Waals surface area contributed by atoms with Crippen LogP contribution in [0.15, 0.2) is 48.9 Å². The van der Waals surface area contributed by atoms with Gasteiger partial charge in [0.05, 0.1) is 27.7 Å². The molecular weight excluding hydrogens is 654 g/mol. The first-order valence-corrected chi connectivity index (χ1v) is 17.2. The topological polar surface area (TPSA) is 136 Å². The minimum atomic E-state index is -2.98. The van der Waals surface area contributed by atoms with Crippen LogP contribution in [0.3, 0.4) is 0 Å². The van der Waals surface area contributed by atoms with E-state index in [2.05, 4.69) is 25.1 Å². The van der Waals surface area contributed by atoms with Crippen LogP contribution in [0.5, 0.6) is 5.75 Å². The van der Waals surface area contributed by atoms with Gasteiger partial charge >= 0.3 is 0 Å². The van der Waals surface area contributed by atoms with Crippen LogP contribution in [0, 0.1) is 23.0 Å². The molecule has 4 aromatic rings. The maximum absolute atomic E-state index is 15.0. The van der Waals surface area contributed by atoms with Crippen molar-refractivity contribution in [2.45, 2.75) is 5.25 Å². The van der Waals surface area contributed by atoms with Crippen molar-refractivity contribution >= 4 is 44.5 Å². The maximum atomic E-state index is 15.0. The summed E-state index contributed by atoms with van der Waals surface area (Å²) in [5, 5.41) is 11.8. The Kier molecular flexibility index (Phi) is 9.29. The molecule has 0 spiro atoms. The number of piperazine rings is 1. The number of amides is 1. The van der Waals surface area contributed by atoms with E-state index in [0.29, 0.717) is 62.0 Å². The smallest absolute Gasteiger partial charge is 0.255 e. The van der Waals surface area contributed by atoms with Crippen LogP contribution in [0.4, 0.5) is 20.3 Å². The lowest BCUT2D eigenvalue weighted by Crippen LogP contribution is -2.57. The number of sulfone groups is 1. The van der Waals surface area contributed by atoms with Gasteiger partial charge in [-0.3, -0.25) is 19.0 Å². The van der Waals surface area contributed by atoms with Gasteiger partial charge in [0, 0.05) is 82.3 Å². The van der Waals surface area contributed by atoms with Gasteiger partial charge in [-0.2, -0.15) is 9.65 Å². The third-order valence-corrected chi connectivity index (χ3v) is 10.2. The summed E-state index contributed by atoms with van der Waals surface area (Å²) in [6.45, 7) is 4.87. The van der Waals surface area contributed by atoms with Gasteiger partial charge in [0.15, 0.2) is 39.5 Å². The van der Waals surface area contributed by atoms with E-state index >= 15 is 0 Å². The summed E-state index contributed by atoms with van der Waals surface area (Å²) in [6.07, 6.45) is 5.72. The van der Waals surface area contributed by atoms with Crippen LogP contribution < -0.4 is 10.1 Å². The van der Waals surface area contributed by atoms with Gasteiger partial charge in [-0.1, -0.05) is 11.6 Å². The average molecular weight is 685 g/mol. The van der Waals surface area contributed by atoms with Gasteiger partial charge in [0.1, 0.15) is 6.07 Å². The molecule has 1 amide bonds. The molecule has 6 rings (SSSR count). The number of anilines is 2. The molecule has 0 aliphatic carbocycles. The molecule has 0 saturated carbocycles. The normalized spacial score (nSPS) is 16.2. The fraction of sp³-hybridized carbons (Fsp3) is 0.355. The third-order valence-electron chi connectivity index (χ3n) is 8.43. The van der Waals surface area contributed by atoms with Crippen molar-refractivity contribution in [1.82, 2.24) is 29.1 Å². The van der Waals surface area contributed by atoms with Gasteiger partial charge in [-0.05, 0) is 30.3 Å². The van der Waals surface area contributed by atoms with Crippen LogP contribution in [0.1, 0.15) is 10.4 Å². The number of fused-ring (bicyclic) bond motifs is 1. The van der Waals surface area contributed by atoms with Crippen molar-refractivity contribution < 1.29 is 26.7 Å². The Hall–Kier alpha value is -4.36. The maximum Gasteiger partial charge on any atom is 0.255 e. The largest absolute Gasteiger partial charge is 0.476 e. The van der Waals surface area contributed by atoms with Crippen molar-refractivity contribution in [3.8, 4) is 23.1 Å². The molecule has 16 heteroatoms. The van der Waals surface area contributed by atoms with Crippen LogP contribution in [0.25, 0.3) is 16.9 Å². The number of ether oxygens (including phenoxy) is 1. The SMILES string of the molecule is CS(=O)(=O)C1CN(CCN2CCN(C(=O)c3ccc(Nc4nccn5c(-c6ccc(OCC#N)c(F)c6F)cnc45)cc3Cl)CC2)C1. The van der Waals surface area contributed by atoms with Gasteiger partial charge in [-0.15, -0.1) is 0 Å². The van der Waals surface area contributed by atoms with Gasteiger partial charge in [-0.25, -0.2) is 22.8 Å². The molecule has 0 unspecified atom stereocenters. The van der Waals surface area contributed by atoms with E-state index in [9.17, 15) is 22.0 Å². The summed E-state index contributed by atoms with van der Waals surface area (Å²) in [4.78, 5) is 28.2. The van der Waals surface area contributed by atoms with E-state index < -0.39 is 28.1 Å². The second-order valence-corrected chi connectivity index (χ2v) is 14.2. The molecule has 2 aromatic heterocycles. The van der Waals surface area contributed by atoms with Crippen LogP contribution in [-0.4, -0.2) is 114 Å². The van der Waals surface area contributed by atoms with Crippen molar-refractivity contribution in [3.05, 3.63) is 71.1 Å². The number of carbonyl (C=O) groups is 1. The van der Waals surface area contributed by atoms with Crippen molar-refractivity contribution in [2.24, 2.45) is 0 Å². The number of carbonyl (C=O) groups excluding carboxylic acids is 1. The zero-order valence-electron chi connectivity index (χ0n) is 25.4. The molecule has 4 heterocycles. The number of hydrogen-bond donors (Lipinski definition) is 1. The monoisotopic (exact) mass is 684 g/mol. The number of imidazole rings is 1. The molecule has 2 aromatic carbocycles. The van der Waals surface area contributed by atoms with Crippen LogP contribution in [-0.2, 0) is 9.84 Å². The van der Waals surface area contributed by atoms with Gasteiger partial charge in [0.2, 0.25) is 5.82 Å². The first-order valence-electron chi connectivity index (χ1n) is 14.8. The van der Waals surface area contributed by atoms with E-state index in [0.717, 1.165) is 13.1 Å². The molecule has 0 radical (unpaired) electrons. The first kappa shape index (κ1) is 32.6. The average Bonchev–Trinajstić information content (AvgIpc) is 3.45. The van der Waals surface area contributed by atoms with E-state index in [1.54, 1.807) is 39.8 Å². The fourth-order valence-electron chi connectivity index (χ4n) is 5.66. The minimum Gasteiger partial charge on any atom is -0.476 e. The Morgan fingerprint density at radius 2 is 1.83 bits per heavy atom. The lowest BCUT2D eigenvalue weighted by Gasteiger charge is -2.40. The highest BCUT2D eigenvalue weighted by atomic mass is 35.5. The Balaban J connectivity index is 1.08. The summed E-state index contributed by atoms with van der Waals surface area (Å²) < 4.78 is 59.3. The summed E-state index contributed by atoms with van der Waals surface area (Å²) in [7, 11) is -2.98. The number of halogens is 3. The molecule has 47 heavy (non-hydrogen) atoms. The van der Waals surface area contributed by atoms with Gasteiger partial charge < -0.3 is 15.0 Å². The predicted octanol–water partition coefficient (Wildman–Crippen LogP) is 3.46. The molecule has 246 valence electrons. The fourth-order valence-corrected chi connectivity index (χ4v) is 6.89. The van der Waals surface area contributed by atoms with E-state index in [1.165, 1.54) is 30.8 Å². The van der Waals surface area contributed by atoms with Crippen molar-refractivity contribution in [2.75, 3.05) is 70.5 Å². The van der Waals surface area contributed by atoms with E-state index in [-0.39, 0.29) is 33.2 Å². The Morgan fingerprint density at radius 3 is 2.53 bits per heavy atom. The number of hydrogen-bond acceptors (Lipinski definition) is 10. The predicted molar refractivity (Wildman–Crippen MR) is 172 cm³/mol. The van der Waals surface area contributed by atoms with Crippen molar-refractivity contribution in [3.63, 3.8) is 0 Å². The highest BCUT2D eigenvalue weighted by molar-refractivity contribution is 7.91. The molecule has 2 fully saturated rings.